The van der Waals surface area contributed by atoms with E-state index in [9.17, 15) is 13.2 Å². The topological polar surface area (TPSA) is 63.2 Å². The first-order valence-corrected chi connectivity index (χ1v) is 10.1. The molecule has 1 aromatic heterocycles. The number of amides is 1. The number of carbonyl (C=O) groups is 1. The van der Waals surface area contributed by atoms with Crippen LogP contribution in [0.25, 0.3) is 10.1 Å². The van der Waals surface area contributed by atoms with Crippen molar-refractivity contribution >= 4 is 54.5 Å². The van der Waals surface area contributed by atoms with Crippen LogP contribution in [0.4, 0.5) is 5.69 Å². The van der Waals surface area contributed by atoms with Crippen molar-refractivity contribution < 1.29 is 13.2 Å². The van der Waals surface area contributed by atoms with E-state index < -0.39 is 9.84 Å². The summed E-state index contributed by atoms with van der Waals surface area (Å²) in [5, 5.41) is 3.97. The van der Waals surface area contributed by atoms with Gasteiger partial charge < -0.3 is 5.32 Å². The molecule has 0 aliphatic heterocycles. The minimum Gasteiger partial charge on any atom is -0.321 e. The van der Waals surface area contributed by atoms with Crippen LogP contribution in [0.15, 0.2) is 47.4 Å². The van der Waals surface area contributed by atoms with E-state index in [0.29, 0.717) is 10.6 Å². The molecule has 0 atom stereocenters. The van der Waals surface area contributed by atoms with Crippen LogP contribution in [0.5, 0.6) is 0 Å². The summed E-state index contributed by atoms with van der Waals surface area (Å²) in [5.41, 5.74) is 1.47. The lowest BCUT2D eigenvalue weighted by atomic mass is 10.2. The van der Waals surface area contributed by atoms with Gasteiger partial charge in [0.05, 0.1) is 9.77 Å². The quantitative estimate of drug-likeness (QED) is 0.727. The third-order valence-electron chi connectivity index (χ3n) is 3.45. The van der Waals surface area contributed by atoms with E-state index in [2.05, 4.69) is 5.32 Å². The third-order valence-corrected chi connectivity index (χ3v) is 5.88. The maximum atomic E-state index is 12.4. The molecule has 0 bridgehead atoms. The van der Waals surface area contributed by atoms with Crippen LogP contribution in [0.2, 0.25) is 5.02 Å². The smallest absolute Gasteiger partial charge is 0.265 e. The van der Waals surface area contributed by atoms with E-state index in [1.165, 1.54) is 29.5 Å². The lowest BCUT2D eigenvalue weighted by Gasteiger charge is -2.07. The van der Waals surface area contributed by atoms with Gasteiger partial charge in [-0.25, -0.2) is 8.42 Å². The molecule has 0 unspecified atom stereocenters. The highest BCUT2D eigenvalue weighted by molar-refractivity contribution is 7.90. The predicted molar refractivity (Wildman–Crippen MR) is 99.1 cm³/mol. The van der Waals surface area contributed by atoms with E-state index in [0.717, 1.165) is 21.9 Å². The van der Waals surface area contributed by atoms with Gasteiger partial charge in [-0.1, -0.05) is 29.3 Å². The Labute approximate surface area is 149 Å². The van der Waals surface area contributed by atoms with Crippen LogP contribution in [0.1, 0.15) is 15.2 Å². The minimum atomic E-state index is -3.41. The SMILES string of the molecule is Cc1ccc2sc(C(=O)Nc3cc(Cl)cc(S(C)(=O)=O)c3)cc2c1. The summed E-state index contributed by atoms with van der Waals surface area (Å²) in [7, 11) is -3.41. The van der Waals surface area contributed by atoms with E-state index in [1.807, 2.05) is 31.2 Å². The maximum Gasteiger partial charge on any atom is 0.265 e. The fourth-order valence-corrected chi connectivity index (χ4v) is 4.24. The molecule has 24 heavy (non-hydrogen) atoms. The molecule has 0 spiro atoms. The molecular formula is C17H14ClNO3S2. The Balaban J connectivity index is 1.92. The van der Waals surface area contributed by atoms with Gasteiger partial charge in [-0.05, 0) is 42.6 Å². The molecule has 3 aromatic rings. The Morgan fingerprint density at radius 1 is 1.12 bits per heavy atom. The maximum absolute atomic E-state index is 12.4. The number of carbonyl (C=O) groups excluding carboxylic acids is 1. The third kappa shape index (κ3) is 3.61. The lowest BCUT2D eigenvalue weighted by Crippen LogP contribution is -2.10. The molecule has 7 heteroatoms. The van der Waals surface area contributed by atoms with Crippen molar-refractivity contribution in [3.63, 3.8) is 0 Å². The number of hydrogen-bond acceptors (Lipinski definition) is 4. The molecule has 0 saturated carbocycles. The van der Waals surface area contributed by atoms with Crippen LogP contribution in [0.3, 0.4) is 0 Å². The Hall–Kier alpha value is -1.89. The fraction of sp³-hybridized carbons (Fsp3) is 0.118. The second-order valence-electron chi connectivity index (χ2n) is 5.55. The van der Waals surface area contributed by atoms with Gasteiger partial charge >= 0.3 is 0 Å². The van der Waals surface area contributed by atoms with Crippen molar-refractivity contribution in [1.82, 2.24) is 0 Å². The summed E-state index contributed by atoms with van der Waals surface area (Å²) in [6, 6.07) is 12.1. The van der Waals surface area contributed by atoms with Crippen molar-refractivity contribution in [2.75, 3.05) is 11.6 Å². The number of aryl methyl sites for hydroxylation is 1. The zero-order valence-electron chi connectivity index (χ0n) is 13.0. The number of benzene rings is 2. The van der Waals surface area contributed by atoms with Crippen LogP contribution in [0, 0.1) is 6.92 Å². The number of fused-ring (bicyclic) bond motifs is 1. The van der Waals surface area contributed by atoms with Gasteiger partial charge in [0.25, 0.3) is 5.91 Å². The van der Waals surface area contributed by atoms with Crippen LogP contribution in [-0.4, -0.2) is 20.6 Å². The molecule has 0 saturated heterocycles. The largest absolute Gasteiger partial charge is 0.321 e. The highest BCUT2D eigenvalue weighted by Gasteiger charge is 2.14. The van der Waals surface area contributed by atoms with Crippen molar-refractivity contribution in [3.05, 3.63) is 57.9 Å². The summed E-state index contributed by atoms with van der Waals surface area (Å²) in [6.45, 7) is 2.00. The molecular weight excluding hydrogens is 366 g/mol. The normalized spacial score (nSPS) is 11.6. The first-order valence-electron chi connectivity index (χ1n) is 7.04. The molecule has 124 valence electrons. The molecule has 2 aromatic carbocycles. The average Bonchev–Trinajstić information content (AvgIpc) is 2.88. The number of nitrogens with one attached hydrogen (secondary N) is 1. The van der Waals surface area contributed by atoms with Crippen LogP contribution >= 0.6 is 22.9 Å². The number of thiophene rings is 1. The van der Waals surface area contributed by atoms with Crippen LogP contribution in [-0.2, 0) is 9.84 Å². The molecule has 1 amide bonds. The second kappa shape index (κ2) is 6.20. The zero-order chi connectivity index (χ0) is 17.5. The minimum absolute atomic E-state index is 0.0669. The highest BCUT2D eigenvalue weighted by atomic mass is 35.5. The summed E-state index contributed by atoms with van der Waals surface area (Å²) in [4.78, 5) is 13.1. The van der Waals surface area contributed by atoms with Crippen molar-refractivity contribution in [2.45, 2.75) is 11.8 Å². The van der Waals surface area contributed by atoms with E-state index >= 15 is 0 Å². The fourth-order valence-electron chi connectivity index (χ4n) is 2.32. The zero-order valence-corrected chi connectivity index (χ0v) is 15.3. The predicted octanol–water partition coefficient (Wildman–Crippen LogP) is 4.52. The molecule has 0 aliphatic rings. The number of rotatable bonds is 3. The van der Waals surface area contributed by atoms with Crippen molar-refractivity contribution in [2.24, 2.45) is 0 Å². The molecule has 3 rings (SSSR count). The molecule has 4 nitrogen and oxygen atoms in total. The molecule has 1 N–H and O–H groups in total. The number of halogens is 1. The highest BCUT2D eigenvalue weighted by Crippen LogP contribution is 2.28. The van der Waals surface area contributed by atoms with E-state index in [1.54, 1.807) is 0 Å². The molecule has 1 heterocycles. The summed E-state index contributed by atoms with van der Waals surface area (Å²) in [6.07, 6.45) is 1.10. The second-order valence-corrected chi connectivity index (χ2v) is 9.09. The van der Waals surface area contributed by atoms with Crippen molar-refractivity contribution in [1.29, 1.82) is 0 Å². The Bertz CT molecular complexity index is 1050. The number of hydrogen-bond donors (Lipinski definition) is 1. The average molecular weight is 380 g/mol. The molecule has 0 radical (unpaired) electrons. The van der Waals surface area contributed by atoms with Gasteiger partial charge in [-0.15, -0.1) is 11.3 Å². The number of sulfone groups is 1. The van der Waals surface area contributed by atoms with Gasteiger partial charge in [-0.2, -0.15) is 0 Å². The lowest BCUT2D eigenvalue weighted by molar-refractivity contribution is 0.103. The van der Waals surface area contributed by atoms with E-state index in [4.69, 9.17) is 11.6 Å². The Morgan fingerprint density at radius 3 is 2.58 bits per heavy atom. The van der Waals surface area contributed by atoms with E-state index in [-0.39, 0.29) is 15.8 Å². The van der Waals surface area contributed by atoms with Gasteiger partial charge in [0.2, 0.25) is 0 Å². The molecule has 0 aliphatic carbocycles. The summed E-state index contributed by atoms with van der Waals surface area (Å²) in [5.74, 6) is -0.296. The number of anilines is 1. The first-order chi connectivity index (χ1) is 11.2. The van der Waals surface area contributed by atoms with Gasteiger partial charge in [0, 0.05) is 21.7 Å². The Kier molecular flexibility index (Phi) is 4.38. The van der Waals surface area contributed by atoms with Crippen LogP contribution < -0.4 is 5.32 Å². The monoisotopic (exact) mass is 379 g/mol. The summed E-state index contributed by atoms with van der Waals surface area (Å²) >= 11 is 7.34. The standard InChI is InChI=1S/C17H14ClNO3S2/c1-10-3-4-15-11(5-10)6-16(23-15)17(20)19-13-7-12(18)8-14(9-13)24(2,21)22/h3-9H,1-2H3,(H,19,20). The summed E-state index contributed by atoms with van der Waals surface area (Å²) < 4.78 is 24.4. The molecule has 0 fully saturated rings. The van der Waals surface area contributed by atoms with Gasteiger partial charge in [0.1, 0.15) is 0 Å². The van der Waals surface area contributed by atoms with Gasteiger partial charge in [0.15, 0.2) is 9.84 Å². The Morgan fingerprint density at radius 2 is 1.88 bits per heavy atom. The van der Waals surface area contributed by atoms with Gasteiger partial charge in [-0.3, -0.25) is 4.79 Å². The first kappa shape index (κ1) is 17.0. The van der Waals surface area contributed by atoms with Crippen molar-refractivity contribution in [3.8, 4) is 0 Å².